The molecule has 1 aromatic carbocycles. The lowest BCUT2D eigenvalue weighted by molar-refractivity contribution is -0.149. The minimum absolute atomic E-state index is 0.154. The van der Waals surface area contributed by atoms with Gasteiger partial charge in [0.1, 0.15) is 5.82 Å². The van der Waals surface area contributed by atoms with Crippen LogP contribution in [0.3, 0.4) is 0 Å². The van der Waals surface area contributed by atoms with Gasteiger partial charge in [-0.05, 0) is 32.2 Å². The maximum Gasteiger partial charge on any atom is 0.401 e. The fraction of sp³-hybridized carbons (Fsp3) is 0.417. The number of anilines is 2. The predicted molar refractivity (Wildman–Crippen MR) is 67.6 cm³/mol. The quantitative estimate of drug-likeness (QED) is 0.661. The van der Waals surface area contributed by atoms with E-state index in [2.05, 4.69) is 5.32 Å². The van der Waals surface area contributed by atoms with Gasteiger partial charge in [0.2, 0.25) is 5.91 Å². The molecule has 0 aliphatic rings. The molecule has 1 amide bonds. The van der Waals surface area contributed by atoms with Gasteiger partial charge in [0.25, 0.3) is 0 Å². The molecule has 1 atom stereocenters. The van der Waals surface area contributed by atoms with E-state index in [1.165, 1.54) is 26.1 Å². The van der Waals surface area contributed by atoms with Gasteiger partial charge in [-0.2, -0.15) is 13.2 Å². The lowest BCUT2D eigenvalue weighted by Gasteiger charge is -2.24. The molecule has 0 spiro atoms. The molecule has 0 saturated heterocycles. The molecule has 4 nitrogen and oxygen atoms in total. The van der Waals surface area contributed by atoms with E-state index in [0.717, 1.165) is 11.0 Å². The number of nitrogen functional groups attached to an aromatic ring is 1. The van der Waals surface area contributed by atoms with Crippen LogP contribution in [0.2, 0.25) is 0 Å². The third-order valence-corrected chi connectivity index (χ3v) is 2.73. The first kappa shape index (κ1) is 16.2. The van der Waals surface area contributed by atoms with Gasteiger partial charge in [-0.25, -0.2) is 4.39 Å². The Bertz CT molecular complexity index is 490. The number of alkyl halides is 3. The fourth-order valence-corrected chi connectivity index (χ4v) is 1.49. The summed E-state index contributed by atoms with van der Waals surface area (Å²) in [6.45, 7) is 0.140. The van der Waals surface area contributed by atoms with E-state index in [1.54, 1.807) is 0 Å². The maximum atomic E-state index is 12.9. The second-order valence-corrected chi connectivity index (χ2v) is 4.43. The van der Waals surface area contributed by atoms with Gasteiger partial charge in [0.05, 0.1) is 18.3 Å². The molecule has 112 valence electrons. The first-order valence-electron chi connectivity index (χ1n) is 5.73. The molecule has 0 bridgehead atoms. The highest BCUT2D eigenvalue weighted by Gasteiger charge is 2.32. The summed E-state index contributed by atoms with van der Waals surface area (Å²) in [5.74, 6) is -1.27. The Morgan fingerprint density at radius 3 is 2.55 bits per heavy atom. The molecule has 20 heavy (non-hydrogen) atoms. The van der Waals surface area contributed by atoms with Crippen molar-refractivity contribution in [2.75, 3.05) is 24.6 Å². The van der Waals surface area contributed by atoms with Gasteiger partial charge < -0.3 is 11.1 Å². The van der Waals surface area contributed by atoms with Crippen molar-refractivity contribution in [1.29, 1.82) is 0 Å². The van der Waals surface area contributed by atoms with Crippen molar-refractivity contribution >= 4 is 17.3 Å². The molecule has 0 aliphatic carbocycles. The summed E-state index contributed by atoms with van der Waals surface area (Å²) in [5.41, 5.74) is 5.40. The van der Waals surface area contributed by atoms with E-state index in [4.69, 9.17) is 5.73 Å². The average molecular weight is 293 g/mol. The Morgan fingerprint density at radius 1 is 1.45 bits per heavy atom. The van der Waals surface area contributed by atoms with Crippen LogP contribution in [-0.4, -0.2) is 36.6 Å². The number of hydrogen-bond donors (Lipinski definition) is 2. The fourth-order valence-electron chi connectivity index (χ4n) is 1.49. The normalized spacial score (nSPS) is 13.3. The number of carbonyl (C=O) groups is 1. The summed E-state index contributed by atoms with van der Waals surface area (Å²) in [6.07, 6.45) is -4.39. The van der Waals surface area contributed by atoms with Crippen LogP contribution in [0.25, 0.3) is 0 Å². The zero-order valence-electron chi connectivity index (χ0n) is 11.0. The van der Waals surface area contributed by atoms with E-state index in [9.17, 15) is 22.4 Å². The van der Waals surface area contributed by atoms with Crippen molar-refractivity contribution < 1.29 is 22.4 Å². The topological polar surface area (TPSA) is 58.4 Å². The number of rotatable bonds is 4. The van der Waals surface area contributed by atoms with Gasteiger partial charge in [0.15, 0.2) is 0 Å². The van der Waals surface area contributed by atoms with E-state index in [1.807, 2.05) is 0 Å². The van der Waals surface area contributed by atoms with Crippen molar-refractivity contribution in [3.8, 4) is 0 Å². The SMILES string of the molecule is CC(C(=O)Nc1ccc(F)c(N)c1)N(C)CC(F)(F)F. The Kier molecular flexibility index (Phi) is 4.93. The van der Waals surface area contributed by atoms with Crippen LogP contribution in [0, 0.1) is 5.82 Å². The minimum Gasteiger partial charge on any atom is -0.396 e. The molecule has 0 aromatic heterocycles. The zero-order chi connectivity index (χ0) is 15.5. The molecule has 0 saturated carbocycles. The summed E-state index contributed by atoms with van der Waals surface area (Å²) in [5, 5.41) is 2.38. The smallest absolute Gasteiger partial charge is 0.396 e. The number of nitrogens with two attached hydrogens (primary N) is 1. The highest BCUT2D eigenvalue weighted by atomic mass is 19.4. The summed E-state index contributed by atoms with van der Waals surface area (Å²) >= 11 is 0. The summed E-state index contributed by atoms with van der Waals surface area (Å²) < 4.78 is 49.6. The standard InChI is InChI=1S/C12H15F4N3O/c1-7(19(2)6-12(14,15)16)11(20)18-8-3-4-9(13)10(17)5-8/h3-5,7H,6,17H2,1-2H3,(H,18,20). The predicted octanol–water partition coefficient (Wildman–Crippen LogP) is 2.23. The van der Waals surface area contributed by atoms with Crippen molar-refractivity contribution in [2.24, 2.45) is 0 Å². The monoisotopic (exact) mass is 293 g/mol. The van der Waals surface area contributed by atoms with Crippen molar-refractivity contribution in [2.45, 2.75) is 19.1 Å². The van der Waals surface area contributed by atoms with Crippen LogP contribution >= 0.6 is 0 Å². The maximum absolute atomic E-state index is 12.9. The van der Waals surface area contributed by atoms with Crippen LogP contribution < -0.4 is 11.1 Å². The van der Waals surface area contributed by atoms with Crippen molar-refractivity contribution in [1.82, 2.24) is 4.90 Å². The molecule has 1 rings (SSSR count). The zero-order valence-corrected chi connectivity index (χ0v) is 11.0. The van der Waals surface area contributed by atoms with Gasteiger partial charge in [0, 0.05) is 5.69 Å². The van der Waals surface area contributed by atoms with Crippen LogP contribution in [0.1, 0.15) is 6.92 Å². The second-order valence-electron chi connectivity index (χ2n) is 4.43. The molecular formula is C12H15F4N3O. The second kappa shape index (κ2) is 6.08. The molecule has 8 heteroatoms. The lowest BCUT2D eigenvalue weighted by atomic mass is 10.2. The molecule has 3 N–H and O–H groups in total. The molecule has 1 aromatic rings. The summed E-state index contributed by atoms with van der Waals surface area (Å²) in [4.78, 5) is 12.6. The Hall–Kier alpha value is -1.83. The van der Waals surface area contributed by atoms with Crippen LogP contribution in [0.5, 0.6) is 0 Å². The number of benzene rings is 1. The van der Waals surface area contributed by atoms with Crippen molar-refractivity contribution in [3.63, 3.8) is 0 Å². The summed E-state index contributed by atoms with van der Waals surface area (Å²) in [6, 6.07) is 2.54. The molecule has 0 aliphatic heterocycles. The van der Waals surface area contributed by atoms with Crippen LogP contribution in [0.4, 0.5) is 28.9 Å². The lowest BCUT2D eigenvalue weighted by Crippen LogP contribution is -2.44. The molecule has 0 fully saturated rings. The third-order valence-electron chi connectivity index (χ3n) is 2.73. The van der Waals surface area contributed by atoms with Crippen molar-refractivity contribution in [3.05, 3.63) is 24.0 Å². The van der Waals surface area contributed by atoms with Gasteiger partial charge in [-0.15, -0.1) is 0 Å². The van der Waals surface area contributed by atoms with Gasteiger partial charge in [-0.1, -0.05) is 0 Å². The van der Waals surface area contributed by atoms with E-state index < -0.39 is 30.5 Å². The largest absolute Gasteiger partial charge is 0.401 e. The average Bonchev–Trinajstić information content (AvgIpc) is 2.30. The van der Waals surface area contributed by atoms with E-state index in [-0.39, 0.29) is 11.4 Å². The first-order valence-corrected chi connectivity index (χ1v) is 5.73. The summed E-state index contributed by atoms with van der Waals surface area (Å²) in [7, 11) is 1.19. The number of nitrogens with zero attached hydrogens (tertiary/aromatic N) is 1. The minimum atomic E-state index is -4.39. The Labute approximate surface area is 113 Å². The van der Waals surface area contributed by atoms with E-state index in [0.29, 0.717) is 0 Å². The highest BCUT2D eigenvalue weighted by molar-refractivity contribution is 5.94. The van der Waals surface area contributed by atoms with Gasteiger partial charge >= 0.3 is 6.18 Å². The van der Waals surface area contributed by atoms with Gasteiger partial charge in [-0.3, -0.25) is 9.69 Å². The highest BCUT2D eigenvalue weighted by Crippen LogP contribution is 2.19. The Balaban J connectivity index is 2.68. The third kappa shape index (κ3) is 4.69. The Morgan fingerprint density at radius 2 is 2.05 bits per heavy atom. The first-order chi connectivity index (χ1) is 9.10. The van der Waals surface area contributed by atoms with Crippen LogP contribution in [-0.2, 0) is 4.79 Å². The number of hydrogen-bond acceptors (Lipinski definition) is 3. The number of amides is 1. The molecule has 0 radical (unpaired) electrons. The van der Waals surface area contributed by atoms with E-state index >= 15 is 0 Å². The number of carbonyl (C=O) groups excluding carboxylic acids is 1. The molecule has 1 unspecified atom stereocenters. The molecule has 0 heterocycles. The number of halogens is 4. The number of nitrogens with one attached hydrogen (secondary N) is 1. The number of likely N-dealkylation sites (N-methyl/N-ethyl adjacent to an activating group) is 1. The molecular weight excluding hydrogens is 278 g/mol. The van der Waals surface area contributed by atoms with Crippen LogP contribution in [0.15, 0.2) is 18.2 Å².